The van der Waals surface area contributed by atoms with Crippen molar-refractivity contribution in [2.75, 3.05) is 13.2 Å². The zero-order valence-electron chi connectivity index (χ0n) is 7.32. The summed E-state index contributed by atoms with van der Waals surface area (Å²) in [5.41, 5.74) is 0.108. The van der Waals surface area contributed by atoms with Gasteiger partial charge in [-0.1, -0.05) is 11.8 Å². The van der Waals surface area contributed by atoms with Crippen LogP contribution in [0.2, 0.25) is 0 Å². The summed E-state index contributed by atoms with van der Waals surface area (Å²) < 4.78 is 5.06. The zero-order valence-corrected chi connectivity index (χ0v) is 7.32. The SMILES string of the molecule is CCOCC#CC(C)(C)C. The molecule has 0 N–H and O–H groups in total. The Hall–Kier alpha value is -0.480. The Kier molecular flexibility index (Phi) is 4.14. The van der Waals surface area contributed by atoms with Gasteiger partial charge >= 0.3 is 0 Å². The van der Waals surface area contributed by atoms with Crippen LogP contribution in [0.25, 0.3) is 0 Å². The van der Waals surface area contributed by atoms with Crippen molar-refractivity contribution in [3.8, 4) is 11.8 Å². The van der Waals surface area contributed by atoms with E-state index in [2.05, 4.69) is 32.6 Å². The van der Waals surface area contributed by atoms with Gasteiger partial charge in [0.15, 0.2) is 0 Å². The molecule has 0 heterocycles. The average molecular weight is 140 g/mol. The summed E-state index contributed by atoms with van der Waals surface area (Å²) in [4.78, 5) is 0. The van der Waals surface area contributed by atoms with Gasteiger partial charge in [-0.25, -0.2) is 0 Å². The van der Waals surface area contributed by atoms with Gasteiger partial charge in [-0.2, -0.15) is 0 Å². The van der Waals surface area contributed by atoms with Crippen molar-refractivity contribution < 1.29 is 4.74 Å². The van der Waals surface area contributed by atoms with E-state index in [1.54, 1.807) is 0 Å². The minimum Gasteiger partial charge on any atom is -0.369 e. The molecule has 0 saturated heterocycles. The van der Waals surface area contributed by atoms with Crippen LogP contribution in [-0.2, 0) is 4.74 Å². The Bertz CT molecular complexity index is 131. The fraction of sp³-hybridized carbons (Fsp3) is 0.778. The Balaban J connectivity index is 3.50. The summed E-state index contributed by atoms with van der Waals surface area (Å²) in [7, 11) is 0. The van der Waals surface area contributed by atoms with Crippen molar-refractivity contribution >= 4 is 0 Å². The highest BCUT2D eigenvalue weighted by Gasteiger charge is 2.02. The van der Waals surface area contributed by atoms with Crippen molar-refractivity contribution in [3.63, 3.8) is 0 Å². The normalized spacial score (nSPS) is 10.4. The Morgan fingerprint density at radius 3 is 2.30 bits per heavy atom. The summed E-state index contributed by atoms with van der Waals surface area (Å²) >= 11 is 0. The lowest BCUT2D eigenvalue weighted by atomic mass is 9.98. The van der Waals surface area contributed by atoms with Crippen LogP contribution >= 0.6 is 0 Å². The van der Waals surface area contributed by atoms with Gasteiger partial charge in [0.05, 0.1) is 0 Å². The molecule has 0 fully saturated rings. The van der Waals surface area contributed by atoms with Crippen molar-refractivity contribution in [1.29, 1.82) is 0 Å². The molecule has 0 bridgehead atoms. The Labute approximate surface area is 63.8 Å². The highest BCUT2D eigenvalue weighted by molar-refractivity contribution is 5.07. The maximum atomic E-state index is 5.06. The molecule has 1 nitrogen and oxygen atoms in total. The van der Waals surface area contributed by atoms with E-state index in [1.165, 1.54) is 0 Å². The van der Waals surface area contributed by atoms with Gasteiger partial charge in [0, 0.05) is 12.0 Å². The quantitative estimate of drug-likeness (QED) is 0.421. The van der Waals surface area contributed by atoms with Gasteiger partial charge in [-0.15, -0.1) is 0 Å². The summed E-state index contributed by atoms with van der Waals surface area (Å²) in [6.45, 7) is 9.55. The molecular formula is C9H16O. The molecule has 1 heteroatoms. The smallest absolute Gasteiger partial charge is 0.107 e. The molecule has 10 heavy (non-hydrogen) atoms. The average Bonchev–Trinajstić information content (AvgIpc) is 1.78. The third-order valence-electron chi connectivity index (χ3n) is 0.842. The highest BCUT2D eigenvalue weighted by atomic mass is 16.5. The third-order valence-corrected chi connectivity index (χ3v) is 0.842. The van der Waals surface area contributed by atoms with Crippen LogP contribution < -0.4 is 0 Å². The second-order valence-electron chi connectivity index (χ2n) is 3.19. The molecule has 0 saturated carbocycles. The van der Waals surface area contributed by atoms with E-state index in [-0.39, 0.29) is 5.41 Å². The first-order valence-electron chi connectivity index (χ1n) is 3.64. The molecule has 58 valence electrons. The van der Waals surface area contributed by atoms with E-state index in [0.29, 0.717) is 6.61 Å². The molecule has 0 atom stereocenters. The summed E-state index contributed by atoms with van der Waals surface area (Å²) in [5, 5.41) is 0. The van der Waals surface area contributed by atoms with Crippen LogP contribution in [0.4, 0.5) is 0 Å². The molecule has 0 rings (SSSR count). The fourth-order valence-electron chi connectivity index (χ4n) is 0.454. The lowest BCUT2D eigenvalue weighted by Crippen LogP contribution is -2.00. The van der Waals surface area contributed by atoms with E-state index < -0.39 is 0 Å². The van der Waals surface area contributed by atoms with Crippen molar-refractivity contribution in [2.45, 2.75) is 27.7 Å². The van der Waals surface area contributed by atoms with Crippen molar-refractivity contribution in [1.82, 2.24) is 0 Å². The van der Waals surface area contributed by atoms with Gasteiger partial charge in [-0.05, 0) is 27.7 Å². The second-order valence-corrected chi connectivity index (χ2v) is 3.19. The fourth-order valence-corrected chi connectivity index (χ4v) is 0.454. The standard InChI is InChI=1S/C9H16O/c1-5-10-8-6-7-9(2,3)4/h5,8H2,1-4H3. The van der Waals surface area contributed by atoms with E-state index in [1.807, 2.05) is 6.92 Å². The summed E-state index contributed by atoms with van der Waals surface area (Å²) in [6, 6.07) is 0. The van der Waals surface area contributed by atoms with Gasteiger partial charge < -0.3 is 4.74 Å². The third kappa shape index (κ3) is 7.52. The number of hydrogen-bond donors (Lipinski definition) is 0. The lowest BCUT2D eigenvalue weighted by molar-refractivity contribution is 0.182. The second kappa shape index (κ2) is 4.35. The highest BCUT2D eigenvalue weighted by Crippen LogP contribution is 2.09. The maximum absolute atomic E-state index is 5.06. The van der Waals surface area contributed by atoms with Crippen LogP contribution in [-0.4, -0.2) is 13.2 Å². The molecular weight excluding hydrogens is 124 g/mol. The topological polar surface area (TPSA) is 9.23 Å². The lowest BCUT2D eigenvalue weighted by Gasteiger charge is -2.06. The molecule has 0 aromatic rings. The first-order valence-corrected chi connectivity index (χ1v) is 3.64. The summed E-state index contributed by atoms with van der Waals surface area (Å²) in [5.74, 6) is 6.04. The van der Waals surface area contributed by atoms with Crippen LogP contribution in [0.5, 0.6) is 0 Å². The molecule has 0 aliphatic rings. The van der Waals surface area contributed by atoms with Crippen LogP contribution in [0.1, 0.15) is 27.7 Å². The van der Waals surface area contributed by atoms with E-state index in [9.17, 15) is 0 Å². The van der Waals surface area contributed by atoms with Gasteiger partial charge in [0.25, 0.3) is 0 Å². The molecule has 0 radical (unpaired) electrons. The molecule has 0 unspecified atom stereocenters. The largest absolute Gasteiger partial charge is 0.369 e. The minimum atomic E-state index is 0.108. The Morgan fingerprint density at radius 1 is 1.30 bits per heavy atom. The maximum Gasteiger partial charge on any atom is 0.107 e. The van der Waals surface area contributed by atoms with Crippen molar-refractivity contribution in [2.24, 2.45) is 5.41 Å². The van der Waals surface area contributed by atoms with E-state index in [0.717, 1.165) is 6.61 Å². The first kappa shape index (κ1) is 9.52. The van der Waals surface area contributed by atoms with Gasteiger partial charge in [0.2, 0.25) is 0 Å². The van der Waals surface area contributed by atoms with Crippen LogP contribution in [0, 0.1) is 17.3 Å². The number of hydrogen-bond acceptors (Lipinski definition) is 1. The summed E-state index contributed by atoms with van der Waals surface area (Å²) in [6.07, 6.45) is 0. The monoisotopic (exact) mass is 140 g/mol. The number of rotatable bonds is 2. The molecule has 0 aliphatic carbocycles. The minimum absolute atomic E-state index is 0.108. The molecule has 0 aromatic heterocycles. The Morgan fingerprint density at radius 2 is 1.90 bits per heavy atom. The van der Waals surface area contributed by atoms with Crippen molar-refractivity contribution in [3.05, 3.63) is 0 Å². The molecule has 0 aromatic carbocycles. The number of ether oxygens (including phenoxy) is 1. The predicted octanol–water partition coefficient (Wildman–Crippen LogP) is 2.07. The van der Waals surface area contributed by atoms with Gasteiger partial charge in [-0.3, -0.25) is 0 Å². The van der Waals surface area contributed by atoms with Crippen LogP contribution in [0.15, 0.2) is 0 Å². The van der Waals surface area contributed by atoms with E-state index in [4.69, 9.17) is 4.74 Å². The van der Waals surface area contributed by atoms with E-state index >= 15 is 0 Å². The van der Waals surface area contributed by atoms with Gasteiger partial charge in [0.1, 0.15) is 6.61 Å². The zero-order chi connectivity index (χ0) is 8.04. The molecule has 0 spiro atoms. The predicted molar refractivity (Wildman–Crippen MR) is 43.7 cm³/mol. The molecule has 0 amide bonds. The molecule has 0 aliphatic heterocycles. The first-order chi connectivity index (χ1) is 4.56. The van der Waals surface area contributed by atoms with Crippen LogP contribution in [0.3, 0.4) is 0 Å².